The van der Waals surface area contributed by atoms with Gasteiger partial charge in [0.25, 0.3) is 0 Å². The molecule has 186 valence electrons. The standard InChI is InChI=1S/C23H29N7O5/c1-12(24)20(31)29-18(7-14-9-26-17-6-4-3-5-16(14)17)22(33)30-19(8-15-10-25-11-27-15)21(32)28-13(2)23(34)35/h3-6,9-13,18-19,26H,7-8,24H2,1-2H3,(H,25,27)(H,28,32)(H,29,31)(H,30,33)(H,34,35). The first-order valence-electron chi connectivity index (χ1n) is 11.1. The van der Waals surface area contributed by atoms with E-state index in [1.807, 2.05) is 24.3 Å². The molecule has 4 atom stereocenters. The van der Waals surface area contributed by atoms with Gasteiger partial charge in [0.1, 0.15) is 18.1 Å². The normalized spacial score (nSPS) is 14.5. The van der Waals surface area contributed by atoms with Crippen LogP contribution in [0.5, 0.6) is 0 Å². The highest BCUT2D eigenvalue weighted by molar-refractivity contribution is 5.94. The van der Waals surface area contributed by atoms with Crippen LogP contribution in [0, 0.1) is 0 Å². The van der Waals surface area contributed by atoms with Crippen LogP contribution in [0.15, 0.2) is 43.0 Å². The summed E-state index contributed by atoms with van der Waals surface area (Å²) in [5.41, 5.74) is 7.91. The van der Waals surface area contributed by atoms with Crippen molar-refractivity contribution in [3.63, 3.8) is 0 Å². The summed E-state index contributed by atoms with van der Waals surface area (Å²) in [6.45, 7) is 2.82. The van der Waals surface area contributed by atoms with Crippen LogP contribution >= 0.6 is 0 Å². The zero-order valence-corrected chi connectivity index (χ0v) is 19.4. The number of carboxylic acid groups (broad SMARTS) is 1. The van der Waals surface area contributed by atoms with Crippen molar-refractivity contribution in [2.24, 2.45) is 5.73 Å². The molecule has 0 aliphatic rings. The van der Waals surface area contributed by atoms with Gasteiger partial charge in [-0.15, -0.1) is 0 Å². The van der Waals surface area contributed by atoms with E-state index in [-0.39, 0.29) is 12.8 Å². The van der Waals surface area contributed by atoms with Gasteiger partial charge >= 0.3 is 5.97 Å². The number of fused-ring (bicyclic) bond motifs is 1. The smallest absolute Gasteiger partial charge is 0.325 e. The van der Waals surface area contributed by atoms with Crippen LogP contribution in [0.4, 0.5) is 0 Å². The zero-order chi connectivity index (χ0) is 25.5. The lowest BCUT2D eigenvalue weighted by molar-refractivity contribution is -0.141. The van der Waals surface area contributed by atoms with Crippen LogP contribution in [-0.2, 0) is 32.0 Å². The number of carbonyl (C=O) groups excluding carboxylic acids is 3. The fourth-order valence-corrected chi connectivity index (χ4v) is 3.51. The lowest BCUT2D eigenvalue weighted by atomic mass is 10.0. The van der Waals surface area contributed by atoms with Crippen LogP contribution in [0.3, 0.4) is 0 Å². The maximum absolute atomic E-state index is 13.3. The SMILES string of the molecule is CC(N)C(=O)NC(Cc1c[nH]c2ccccc12)C(=O)NC(Cc1cnc[nH]1)C(=O)NC(C)C(=O)O. The fourth-order valence-electron chi connectivity index (χ4n) is 3.51. The highest BCUT2D eigenvalue weighted by Gasteiger charge is 2.30. The summed E-state index contributed by atoms with van der Waals surface area (Å²) < 4.78 is 0. The number of hydrogen-bond donors (Lipinski definition) is 7. The Labute approximate surface area is 201 Å². The molecule has 0 saturated carbocycles. The van der Waals surface area contributed by atoms with Crippen molar-refractivity contribution in [3.8, 4) is 0 Å². The number of imidazole rings is 1. The summed E-state index contributed by atoms with van der Waals surface area (Å²) >= 11 is 0. The number of para-hydroxylation sites is 1. The first kappa shape index (κ1) is 25.4. The molecule has 0 bridgehead atoms. The second-order valence-electron chi connectivity index (χ2n) is 8.32. The Balaban J connectivity index is 1.83. The minimum Gasteiger partial charge on any atom is -0.480 e. The van der Waals surface area contributed by atoms with E-state index in [0.717, 1.165) is 16.5 Å². The van der Waals surface area contributed by atoms with Gasteiger partial charge in [0.15, 0.2) is 0 Å². The average Bonchev–Trinajstić information content (AvgIpc) is 3.48. The molecule has 2 aromatic heterocycles. The van der Waals surface area contributed by atoms with Gasteiger partial charge in [-0.25, -0.2) is 4.98 Å². The van der Waals surface area contributed by atoms with Crippen LogP contribution in [0.1, 0.15) is 25.1 Å². The maximum Gasteiger partial charge on any atom is 0.325 e. The Morgan fingerprint density at radius 2 is 1.63 bits per heavy atom. The third-order valence-electron chi connectivity index (χ3n) is 5.49. The summed E-state index contributed by atoms with van der Waals surface area (Å²) in [4.78, 5) is 59.6. The lowest BCUT2D eigenvalue weighted by Gasteiger charge is -2.24. The number of aromatic amines is 2. The van der Waals surface area contributed by atoms with Crippen LogP contribution in [-0.4, -0.2) is 67.9 Å². The number of nitrogens with zero attached hydrogens (tertiary/aromatic N) is 1. The Kier molecular flexibility index (Phi) is 8.21. The predicted molar refractivity (Wildman–Crippen MR) is 127 cm³/mol. The number of H-pyrrole nitrogens is 2. The molecule has 3 aromatic rings. The van der Waals surface area contributed by atoms with Gasteiger partial charge in [-0.3, -0.25) is 19.2 Å². The van der Waals surface area contributed by atoms with Gasteiger partial charge in [0, 0.05) is 41.8 Å². The first-order valence-corrected chi connectivity index (χ1v) is 11.1. The van der Waals surface area contributed by atoms with E-state index >= 15 is 0 Å². The maximum atomic E-state index is 13.3. The van der Waals surface area contributed by atoms with Crippen molar-refractivity contribution >= 4 is 34.6 Å². The molecule has 8 N–H and O–H groups in total. The molecule has 0 saturated heterocycles. The number of carbonyl (C=O) groups is 4. The quantitative estimate of drug-likeness (QED) is 0.192. The molecule has 0 aliphatic carbocycles. The van der Waals surface area contributed by atoms with Crippen LogP contribution in [0.2, 0.25) is 0 Å². The number of carboxylic acids is 1. The molecule has 3 amide bonds. The van der Waals surface area contributed by atoms with Crippen LogP contribution < -0.4 is 21.7 Å². The number of amides is 3. The summed E-state index contributed by atoms with van der Waals surface area (Å²) in [6.07, 6.45) is 4.85. The molecule has 0 spiro atoms. The van der Waals surface area contributed by atoms with E-state index in [4.69, 9.17) is 10.8 Å². The molecule has 4 unspecified atom stereocenters. The van der Waals surface area contributed by atoms with Crippen molar-refractivity contribution in [1.29, 1.82) is 0 Å². The largest absolute Gasteiger partial charge is 0.480 e. The fraction of sp³-hybridized carbons (Fsp3) is 0.348. The molecule has 12 nitrogen and oxygen atoms in total. The molecular formula is C23H29N7O5. The number of nitrogens with one attached hydrogen (secondary N) is 5. The lowest BCUT2D eigenvalue weighted by Crippen LogP contribution is -2.57. The number of nitrogens with two attached hydrogens (primary N) is 1. The summed E-state index contributed by atoms with van der Waals surface area (Å²) in [6, 6.07) is 3.35. The Morgan fingerprint density at radius 3 is 2.29 bits per heavy atom. The van der Waals surface area contributed by atoms with Crippen molar-refractivity contribution in [3.05, 3.63) is 54.2 Å². The van der Waals surface area contributed by atoms with Gasteiger partial charge < -0.3 is 36.8 Å². The Bertz CT molecular complexity index is 1190. The highest BCUT2D eigenvalue weighted by atomic mass is 16.4. The zero-order valence-electron chi connectivity index (χ0n) is 19.4. The molecule has 3 rings (SSSR count). The number of rotatable bonds is 11. The number of aromatic nitrogens is 3. The molecule has 1 aromatic carbocycles. The molecule has 0 fully saturated rings. The van der Waals surface area contributed by atoms with E-state index in [2.05, 4.69) is 30.9 Å². The molecule has 0 radical (unpaired) electrons. The van der Waals surface area contributed by atoms with Crippen molar-refractivity contribution in [2.45, 2.75) is 50.9 Å². The Morgan fingerprint density at radius 1 is 0.971 bits per heavy atom. The minimum absolute atomic E-state index is 0.0327. The third kappa shape index (κ3) is 6.67. The van der Waals surface area contributed by atoms with E-state index < -0.39 is 47.9 Å². The molecule has 35 heavy (non-hydrogen) atoms. The van der Waals surface area contributed by atoms with Crippen molar-refractivity contribution in [1.82, 2.24) is 30.9 Å². The predicted octanol–water partition coefficient (Wildman–Crippen LogP) is -0.418. The summed E-state index contributed by atoms with van der Waals surface area (Å²) in [5, 5.41) is 17.7. The van der Waals surface area contributed by atoms with E-state index in [1.165, 1.54) is 26.4 Å². The Hall–Kier alpha value is -4.19. The molecular weight excluding hydrogens is 454 g/mol. The van der Waals surface area contributed by atoms with Crippen molar-refractivity contribution < 1.29 is 24.3 Å². The summed E-state index contributed by atoms with van der Waals surface area (Å²) in [5.74, 6) is -3.05. The first-order chi connectivity index (χ1) is 16.7. The van der Waals surface area contributed by atoms with Gasteiger partial charge in [0.2, 0.25) is 17.7 Å². The second kappa shape index (κ2) is 11.3. The molecule has 2 heterocycles. The summed E-state index contributed by atoms with van der Waals surface area (Å²) in [7, 11) is 0. The van der Waals surface area contributed by atoms with E-state index in [9.17, 15) is 19.2 Å². The van der Waals surface area contributed by atoms with Gasteiger partial charge in [0.05, 0.1) is 12.4 Å². The third-order valence-corrected chi connectivity index (χ3v) is 5.49. The number of aliphatic carboxylic acids is 1. The van der Waals surface area contributed by atoms with Crippen LogP contribution in [0.25, 0.3) is 10.9 Å². The van der Waals surface area contributed by atoms with Gasteiger partial charge in [-0.05, 0) is 25.5 Å². The average molecular weight is 484 g/mol. The van der Waals surface area contributed by atoms with Gasteiger partial charge in [-0.1, -0.05) is 18.2 Å². The topological polar surface area (TPSA) is 195 Å². The molecule has 0 aliphatic heterocycles. The monoisotopic (exact) mass is 483 g/mol. The van der Waals surface area contributed by atoms with Gasteiger partial charge in [-0.2, -0.15) is 0 Å². The second-order valence-corrected chi connectivity index (χ2v) is 8.32. The van der Waals surface area contributed by atoms with E-state index in [1.54, 1.807) is 6.20 Å². The number of hydrogen-bond acceptors (Lipinski definition) is 6. The molecule has 12 heteroatoms. The van der Waals surface area contributed by atoms with Crippen molar-refractivity contribution in [2.75, 3.05) is 0 Å². The number of benzene rings is 1. The minimum atomic E-state index is -1.22. The highest BCUT2D eigenvalue weighted by Crippen LogP contribution is 2.19. The van der Waals surface area contributed by atoms with E-state index in [0.29, 0.717) is 5.69 Å².